The topological polar surface area (TPSA) is 76.1 Å². The minimum atomic E-state index is -1.14. The predicted octanol–water partition coefficient (Wildman–Crippen LogP) is 2.63. The number of aliphatic carboxylic acids is 1. The molecule has 0 aromatic heterocycles. The minimum Gasteiger partial charge on any atom is -0.496 e. The van der Waals surface area contributed by atoms with Crippen molar-refractivity contribution in [3.8, 4) is 11.5 Å². The molecule has 1 amide bonds. The maximum Gasteiger partial charge on any atom is 0.323 e. The molecule has 0 saturated carbocycles. The third-order valence-electron chi connectivity index (χ3n) is 3.69. The summed E-state index contributed by atoms with van der Waals surface area (Å²) in [7, 11) is 1.56. The molecule has 0 heterocycles. The fourth-order valence-electron chi connectivity index (χ4n) is 2.38. The molecule has 2 aromatic carbocycles. The average molecular weight is 361 g/mol. The maximum absolute atomic E-state index is 13.0. The van der Waals surface area contributed by atoms with E-state index in [0.29, 0.717) is 17.1 Å². The molecule has 6 nitrogen and oxygen atoms in total. The number of carboxylic acid groups (broad SMARTS) is 1. The van der Waals surface area contributed by atoms with E-state index in [1.165, 1.54) is 24.3 Å². The van der Waals surface area contributed by atoms with Gasteiger partial charge in [-0.15, -0.1) is 0 Å². The van der Waals surface area contributed by atoms with Crippen LogP contribution in [-0.4, -0.2) is 42.1 Å². The summed E-state index contributed by atoms with van der Waals surface area (Å²) in [4.78, 5) is 24.6. The summed E-state index contributed by atoms with van der Waals surface area (Å²) < 4.78 is 23.6. The molecular weight excluding hydrogens is 341 g/mol. The monoisotopic (exact) mass is 361 g/mol. The van der Waals surface area contributed by atoms with Gasteiger partial charge in [-0.3, -0.25) is 9.59 Å². The molecule has 138 valence electrons. The Balaban J connectivity index is 2.02. The van der Waals surface area contributed by atoms with Crippen molar-refractivity contribution in [3.63, 3.8) is 0 Å². The van der Waals surface area contributed by atoms with E-state index in [0.717, 1.165) is 10.5 Å². The van der Waals surface area contributed by atoms with Crippen LogP contribution in [0, 0.1) is 12.7 Å². The molecule has 0 aliphatic heterocycles. The molecule has 1 N–H and O–H groups in total. The fraction of sp³-hybridized carbons (Fsp3) is 0.263. The lowest BCUT2D eigenvalue weighted by Crippen LogP contribution is -2.38. The Morgan fingerprint density at radius 2 is 1.85 bits per heavy atom. The first kappa shape index (κ1) is 19.2. The molecule has 0 fully saturated rings. The van der Waals surface area contributed by atoms with Crippen LogP contribution in [0.25, 0.3) is 0 Å². The largest absolute Gasteiger partial charge is 0.496 e. The highest BCUT2D eigenvalue weighted by Crippen LogP contribution is 2.23. The summed E-state index contributed by atoms with van der Waals surface area (Å²) in [5.74, 6) is -0.838. The van der Waals surface area contributed by atoms with Crippen molar-refractivity contribution >= 4 is 11.9 Å². The molecule has 0 unspecified atom stereocenters. The Labute approximate surface area is 150 Å². The van der Waals surface area contributed by atoms with Gasteiger partial charge in [0.1, 0.15) is 23.9 Å². The summed E-state index contributed by atoms with van der Waals surface area (Å²) in [6.07, 6.45) is 0. The summed E-state index contributed by atoms with van der Waals surface area (Å²) in [6.45, 7) is 1.12. The van der Waals surface area contributed by atoms with Crippen molar-refractivity contribution in [3.05, 3.63) is 59.4 Å². The molecule has 0 saturated heterocycles. The fourth-order valence-corrected chi connectivity index (χ4v) is 2.38. The van der Waals surface area contributed by atoms with E-state index in [4.69, 9.17) is 14.6 Å². The third kappa shape index (κ3) is 5.47. The van der Waals surface area contributed by atoms with Gasteiger partial charge in [-0.1, -0.05) is 12.1 Å². The first-order valence-corrected chi connectivity index (χ1v) is 7.90. The second-order valence-electron chi connectivity index (χ2n) is 5.69. The Morgan fingerprint density at radius 3 is 2.42 bits per heavy atom. The van der Waals surface area contributed by atoms with Gasteiger partial charge in [0.25, 0.3) is 5.91 Å². The number of ether oxygens (including phenoxy) is 2. The molecule has 7 heteroatoms. The molecule has 0 radical (unpaired) electrons. The standard InChI is InChI=1S/C19H20FNO5/c1-13-9-16(7-8-17(13)25-2)26-12-18(22)21(11-19(23)24)10-14-3-5-15(20)6-4-14/h3-9H,10-12H2,1-2H3,(H,23,24). The Bertz CT molecular complexity index is 776. The number of halogens is 1. The van der Waals surface area contributed by atoms with E-state index in [1.807, 2.05) is 6.92 Å². The van der Waals surface area contributed by atoms with Crippen LogP contribution in [0.3, 0.4) is 0 Å². The molecule has 0 bridgehead atoms. The number of methoxy groups -OCH3 is 1. The smallest absolute Gasteiger partial charge is 0.323 e. The number of hydrogen-bond acceptors (Lipinski definition) is 4. The van der Waals surface area contributed by atoms with E-state index in [-0.39, 0.29) is 13.2 Å². The zero-order chi connectivity index (χ0) is 19.1. The van der Waals surface area contributed by atoms with Gasteiger partial charge in [0.15, 0.2) is 6.61 Å². The predicted molar refractivity (Wildman–Crippen MR) is 92.7 cm³/mol. The number of hydrogen-bond donors (Lipinski definition) is 1. The second kappa shape index (κ2) is 8.84. The lowest BCUT2D eigenvalue weighted by Gasteiger charge is -2.21. The Hall–Kier alpha value is -3.09. The van der Waals surface area contributed by atoms with Gasteiger partial charge in [0.05, 0.1) is 7.11 Å². The number of carboxylic acids is 1. The maximum atomic E-state index is 13.0. The highest BCUT2D eigenvalue weighted by Gasteiger charge is 2.18. The van der Waals surface area contributed by atoms with Crippen LogP contribution in [0.15, 0.2) is 42.5 Å². The van der Waals surface area contributed by atoms with Gasteiger partial charge in [-0.25, -0.2) is 4.39 Å². The Morgan fingerprint density at radius 1 is 1.15 bits per heavy atom. The van der Waals surface area contributed by atoms with Gasteiger partial charge in [0, 0.05) is 6.54 Å². The summed E-state index contributed by atoms with van der Waals surface area (Å²) in [5, 5.41) is 9.03. The third-order valence-corrected chi connectivity index (χ3v) is 3.69. The van der Waals surface area contributed by atoms with Crippen molar-refractivity contribution in [2.45, 2.75) is 13.5 Å². The van der Waals surface area contributed by atoms with E-state index in [2.05, 4.69) is 0 Å². The van der Waals surface area contributed by atoms with Gasteiger partial charge in [0.2, 0.25) is 0 Å². The van der Waals surface area contributed by atoms with Gasteiger partial charge < -0.3 is 19.5 Å². The number of amides is 1. The molecular formula is C19H20FNO5. The molecule has 26 heavy (non-hydrogen) atoms. The van der Waals surface area contributed by atoms with Crippen LogP contribution < -0.4 is 9.47 Å². The summed E-state index contributed by atoms with van der Waals surface area (Å²) >= 11 is 0. The number of aryl methyl sites for hydroxylation is 1. The SMILES string of the molecule is COc1ccc(OCC(=O)N(CC(=O)O)Cc2ccc(F)cc2)cc1C. The van der Waals surface area contributed by atoms with Crippen molar-refractivity contribution in [1.82, 2.24) is 4.90 Å². The van der Waals surface area contributed by atoms with Crippen molar-refractivity contribution < 1.29 is 28.6 Å². The van der Waals surface area contributed by atoms with Gasteiger partial charge in [-0.05, 0) is 48.4 Å². The van der Waals surface area contributed by atoms with Crippen molar-refractivity contribution in [2.75, 3.05) is 20.3 Å². The van der Waals surface area contributed by atoms with Crippen LogP contribution >= 0.6 is 0 Å². The number of nitrogens with zero attached hydrogens (tertiary/aromatic N) is 1. The van der Waals surface area contributed by atoms with Crippen molar-refractivity contribution in [1.29, 1.82) is 0 Å². The number of carbonyl (C=O) groups excluding carboxylic acids is 1. The molecule has 0 aliphatic rings. The number of benzene rings is 2. The zero-order valence-corrected chi connectivity index (χ0v) is 14.6. The average Bonchev–Trinajstić information content (AvgIpc) is 2.60. The molecule has 0 aliphatic carbocycles. The molecule has 0 spiro atoms. The van der Waals surface area contributed by atoms with E-state index >= 15 is 0 Å². The van der Waals surface area contributed by atoms with Crippen LogP contribution in [0.1, 0.15) is 11.1 Å². The molecule has 2 aromatic rings. The van der Waals surface area contributed by atoms with E-state index in [1.54, 1.807) is 25.3 Å². The summed E-state index contributed by atoms with van der Waals surface area (Å²) in [5.41, 5.74) is 1.48. The van der Waals surface area contributed by atoms with Crippen LogP contribution in [0.5, 0.6) is 11.5 Å². The highest BCUT2D eigenvalue weighted by molar-refractivity contribution is 5.82. The number of rotatable bonds is 8. The normalized spacial score (nSPS) is 10.3. The first-order valence-electron chi connectivity index (χ1n) is 7.90. The van der Waals surface area contributed by atoms with Gasteiger partial charge >= 0.3 is 5.97 Å². The quantitative estimate of drug-likeness (QED) is 0.782. The van der Waals surface area contributed by atoms with Crippen LogP contribution in [0.4, 0.5) is 4.39 Å². The molecule has 0 atom stereocenters. The zero-order valence-electron chi connectivity index (χ0n) is 14.6. The second-order valence-corrected chi connectivity index (χ2v) is 5.69. The molecule has 2 rings (SSSR count). The first-order chi connectivity index (χ1) is 12.4. The van der Waals surface area contributed by atoms with E-state index in [9.17, 15) is 14.0 Å². The lowest BCUT2D eigenvalue weighted by atomic mass is 10.2. The number of carbonyl (C=O) groups is 2. The van der Waals surface area contributed by atoms with Gasteiger partial charge in [-0.2, -0.15) is 0 Å². The van der Waals surface area contributed by atoms with Crippen LogP contribution in [0.2, 0.25) is 0 Å². The van der Waals surface area contributed by atoms with Crippen molar-refractivity contribution in [2.24, 2.45) is 0 Å². The van der Waals surface area contributed by atoms with Crippen LogP contribution in [-0.2, 0) is 16.1 Å². The Kier molecular flexibility index (Phi) is 6.54. The van der Waals surface area contributed by atoms with E-state index < -0.39 is 24.2 Å². The lowest BCUT2D eigenvalue weighted by molar-refractivity contribution is -0.145. The highest BCUT2D eigenvalue weighted by atomic mass is 19.1. The minimum absolute atomic E-state index is 0.0520. The summed E-state index contributed by atoms with van der Waals surface area (Å²) in [6, 6.07) is 10.7.